The highest BCUT2D eigenvalue weighted by atomic mass is 16.5. The van der Waals surface area contributed by atoms with Crippen LogP contribution in [0.3, 0.4) is 0 Å². The van der Waals surface area contributed by atoms with Gasteiger partial charge in [0.2, 0.25) is 11.8 Å². The van der Waals surface area contributed by atoms with Crippen LogP contribution >= 0.6 is 0 Å². The first-order chi connectivity index (χ1) is 11.6. The number of hydrogen-bond acceptors (Lipinski definition) is 4. The summed E-state index contributed by atoms with van der Waals surface area (Å²) in [5.74, 6) is -0.338. The molecule has 6 heteroatoms. The molecule has 1 aliphatic heterocycles. The number of fused-ring (bicyclic) bond motifs is 1. The molecule has 24 heavy (non-hydrogen) atoms. The van der Waals surface area contributed by atoms with Gasteiger partial charge in [-0.25, -0.2) is 4.98 Å². The van der Waals surface area contributed by atoms with Crippen LogP contribution in [0.15, 0.2) is 36.5 Å². The van der Waals surface area contributed by atoms with Crippen LogP contribution in [0.5, 0.6) is 5.88 Å². The van der Waals surface area contributed by atoms with Gasteiger partial charge >= 0.3 is 0 Å². The lowest BCUT2D eigenvalue weighted by molar-refractivity contribution is 0.0973. The lowest BCUT2D eigenvalue weighted by atomic mass is 9.95. The Morgan fingerprint density at radius 3 is 2.79 bits per heavy atom. The zero-order valence-corrected chi connectivity index (χ0v) is 13.5. The van der Waals surface area contributed by atoms with Gasteiger partial charge in [-0.3, -0.25) is 9.59 Å². The molecule has 2 aromatic rings. The summed E-state index contributed by atoms with van der Waals surface area (Å²) in [6, 6.07) is 8.70. The van der Waals surface area contributed by atoms with Crippen LogP contribution in [-0.2, 0) is 6.42 Å². The predicted molar refractivity (Wildman–Crippen MR) is 90.4 cm³/mol. The Morgan fingerprint density at radius 1 is 1.25 bits per heavy atom. The largest absolute Gasteiger partial charge is 0.477 e. The third-order valence-electron chi connectivity index (χ3n) is 4.04. The number of pyridine rings is 1. The summed E-state index contributed by atoms with van der Waals surface area (Å²) in [5, 5.41) is 0. The molecule has 0 radical (unpaired) electrons. The molecule has 0 bridgehead atoms. The number of nitrogens with two attached hydrogens (primary N) is 1. The van der Waals surface area contributed by atoms with Gasteiger partial charge < -0.3 is 15.4 Å². The van der Waals surface area contributed by atoms with E-state index < -0.39 is 5.91 Å². The Morgan fingerprint density at radius 2 is 2.04 bits per heavy atom. The van der Waals surface area contributed by atoms with E-state index >= 15 is 0 Å². The second-order valence-electron chi connectivity index (χ2n) is 5.52. The zero-order chi connectivity index (χ0) is 17.1. The lowest BCUT2D eigenvalue weighted by Crippen LogP contribution is -2.36. The molecule has 0 spiro atoms. The molecule has 0 fully saturated rings. The highest BCUT2D eigenvalue weighted by Gasteiger charge is 2.28. The molecule has 0 atom stereocenters. The molecule has 3 rings (SSSR count). The summed E-state index contributed by atoms with van der Waals surface area (Å²) in [4.78, 5) is 30.5. The molecule has 6 nitrogen and oxygen atoms in total. The molecule has 1 aromatic carbocycles. The van der Waals surface area contributed by atoms with Crippen molar-refractivity contribution in [2.45, 2.75) is 19.8 Å². The Labute approximate surface area is 140 Å². The van der Waals surface area contributed by atoms with E-state index in [9.17, 15) is 9.59 Å². The van der Waals surface area contributed by atoms with E-state index in [-0.39, 0.29) is 5.91 Å². The van der Waals surface area contributed by atoms with Gasteiger partial charge in [0, 0.05) is 24.0 Å². The Bertz CT molecular complexity index is 789. The maximum atomic E-state index is 13.0. The first-order valence-electron chi connectivity index (χ1n) is 7.94. The molecule has 2 heterocycles. The molecule has 0 saturated carbocycles. The number of carbonyl (C=O) groups is 2. The van der Waals surface area contributed by atoms with Crippen LogP contribution in [0.1, 0.15) is 39.6 Å². The molecule has 2 amide bonds. The average Bonchev–Trinajstić information content (AvgIpc) is 2.60. The number of anilines is 1. The van der Waals surface area contributed by atoms with Crippen LogP contribution < -0.4 is 15.4 Å². The van der Waals surface area contributed by atoms with Crippen LogP contribution in [-0.4, -0.2) is 29.9 Å². The fourth-order valence-corrected chi connectivity index (χ4v) is 3.02. The first kappa shape index (κ1) is 16.0. The fraction of sp³-hybridized carbons (Fsp3) is 0.278. The highest BCUT2D eigenvalue weighted by molar-refractivity contribution is 6.09. The maximum absolute atomic E-state index is 13.0. The number of carbonyl (C=O) groups excluding carboxylic acids is 2. The minimum Gasteiger partial charge on any atom is -0.477 e. The third kappa shape index (κ3) is 2.82. The molecule has 2 N–H and O–H groups in total. The minimum absolute atomic E-state index is 0.186. The number of benzene rings is 1. The topological polar surface area (TPSA) is 85.5 Å². The number of primary amides is 1. The molecule has 0 saturated heterocycles. The Hall–Kier alpha value is -2.89. The van der Waals surface area contributed by atoms with Gasteiger partial charge in [-0.1, -0.05) is 6.07 Å². The van der Waals surface area contributed by atoms with Crippen LogP contribution in [0.4, 0.5) is 5.69 Å². The molecule has 0 aliphatic carbocycles. The van der Waals surface area contributed by atoms with Gasteiger partial charge in [-0.05, 0) is 49.6 Å². The van der Waals surface area contributed by atoms with Crippen LogP contribution in [0.25, 0.3) is 0 Å². The van der Waals surface area contributed by atoms with Gasteiger partial charge in [0.15, 0.2) is 0 Å². The van der Waals surface area contributed by atoms with Crippen molar-refractivity contribution in [1.82, 2.24) is 4.98 Å². The molecule has 1 aliphatic rings. The number of hydrogen-bond donors (Lipinski definition) is 1. The minimum atomic E-state index is -0.475. The summed E-state index contributed by atoms with van der Waals surface area (Å²) >= 11 is 0. The van der Waals surface area contributed by atoms with Gasteiger partial charge in [-0.15, -0.1) is 0 Å². The summed E-state index contributed by atoms with van der Waals surface area (Å²) in [6.07, 6.45) is 3.09. The quantitative estimate of drug-likeness (QED) is 0.933. The summed E-state index contributed by atoms with van der Waals surface area (Å²) in [5.41, 5.74) is 7.90. The third-order valence-corrected chi connectivity index (χ3v) is 4.04. The summed E-state index contributed by atoms with van der Waals surface area (Å²) in [6.45, 7) is 2.85. The number of ether oxygens (including phenoxy) is 1. The molecular weight excluding hydrogens is 306 g/mol. The normalized spacial score (nSPS) is 13.3. The number of amides is 2. The Kier molecular flexibility index (Phi) is 4.46. The lowest BCUT2D eigenvalue weighted by Gasteiger charge is -2.30. The van der Waals surface area contributed by atoms with Crippen molar-refractivity contribution in [3.8, 4) is 5.88 Å². The van der Waals surface area contributed by atoms with E-state index in [0.717, 1.165) is 24.1 Å². The average molecular weight is 325 g/mol. The van der Waals surface area contributed by atoms with Crippen LogP contribution in [0, 0.1) is 0 Å². The molecule has 1 aromatic heterocycles. The van der Waals surface area contributed by atoms with Crippen molar-refractivity contribution >= 4 is 17.5 Å². The molecular formula is C18H19N3O3. The van der Waals surface area contributed by atoms with Crippen molar-refractivity contribution in [3.05, 3.63) is 53.2 Å². The number of rotatable bonds is 4. The van der Waals surface area contributed by atoms with Gasteiger partial charge in [0.05, 0.1) is 6.61 Å². The second-order valence-corrected chi connectivity index (χ2v) is 5.52. The van der Waals surface area contributed by atoms with Gasteiger partial charge in [0.1, 0.15) is 5.56 Å². The van der Waals surface area contributed by atoms with Crippen molar-refractivity contribution < 1.29 is 14.3 Å². The van der Waals surface area contributed by atoms with Crippen molar-refractivity contribution in [2.75, 3.05) is 18.1 Å². The van der Waals surface area contributed by atoms with Crippen molar-refractivity contribution in [2.24, 2.45) is 5.73 Å². The highest BCUT2D eigenvalue weighted by Crippen LogP contribution is 2.32. The summed E-state index contributed by atoms with van der Waals surface area (Å²) < 4.78 is 5.47. The fourth-order valence-electron chi connectivity index (χ4n) is 3.02. The maximum Gasteiger partial charge on any atom is 0.263 e. The number of aromatic nitrogens is 1. The van der Waals surface area contributed by atoms with E-state index in [1.165, 1.54) is 0 Å². The van der Waals surface area contributed by atoms with Crippen molar-refractivity contribution in [3.63, 3.8) is 0 Å². The van der Waals surface area contributed by atoms with Crippen LogP contribution in [0.2, 0.25) is 0 Å². The van der Waals surface area contributed by atoms with E-state index in [1.807, 2.05) is 13.0 Å². The van der Waals surface area contributed by atoms with E-state index in [2.05, 4.69) is 4.98 Å². The second kappa shape index (κ2) is 6.70. The predicted octanol–water partition coefficient (Wildman–Crippen LogP) is 2.17. The Balaban J connectivity index is 2.03. The smallest absolute Gasteiger partial charge is 0.263 e. The van der Waals surface area contributed by atoms with Crippen molar-refractivity contribution in [1.29, 1.82) is 0 Å². The number of nitrogens with zero attached hydrogens (tertiary/aromatic N) is 2. The monoisotopic (exact) mass is 325 g/mol. The van der Waals surface area contributed by atoms with E-state index in [0.29, 0.717) is 30.2 Å². The summed E-state index contributed by atoms with van der Waals surface area (Å²) in [7, 11) is 0. The SMILES string of the molecule is CCOc1ncccc1C(=O)N1CCCc2c(C(N)=O)cccc21. The molecule has 0 unspecified atom stereocenters. The van der Waals surface area contributed by atoms with Gasteiger partial charge in [-0.2, -0.15) is 0 Å². The molecule has 124 valence electrons. The first-order valence-corrected chi connectivity index (χ1v) is 7.94. The van der Waals surface area contributed by atoms with E-state index in [4.69, 9.17) is 10.5 Å². The zero-order valence-electron chi connectivity index (χ0n) is 13.5. The van der Waals surface area contributed by atoms with Gasteiger partial charge in [0.25, 0.3) is 5.91 Å². The standard InChI is InChI=1S/C18H19N3O3/c1-2-24-17-14(7-4-10-20-17)18(23)21-11-5-8-12-13(16(19)22)6-3-9-15(12)21/h3-4,6-7,9-10H,2,5,8,11H2,1H3,(H2,19,22). The van der Waals surface area contributed by atoms with E-state index in [1.54, 1.807) is 35.4 Å².